The number of rotatable bonds is 1. The van der Waals surface area contributed by atoms with Crippen LogP contribution in [0.5, 0.6) is 11.5 Å². The molecule has 2 nitrogen and oxygen atoms in total. The van der Waals surface area contributed by atoms with Crippen LogP contribution in [0, 0.1) is 0 Å². The van der Waals surface area contributed by atoms with E-state index in [1.807, 2.05) is 36.4 Å². The molecule has 6 rings (SSSR count). The summed E-state index contributed by atoms with van der Waals surface area (Å²) in [5, 5.41) is 30.2. The summed E-state index contributed by atoms with van der Waals surface area (Å²) in [6.45, 7) is 0. The van der Waals surface area contributed by atoms with Gasteiger partial charge in [0.2, 0.25) is 0 Å². The maximum Gasteiger partial charge on any atom is 0.124 e. The van der Waals surface area contributed by atoms with Crippen LogP contribution >= 0.6 is 0 Å². The fraction of sp³-hybridized carbons (Fsp3) is 0. The minimum atomic E-state index is 0.161. The zero-order chi connectivity index (χ0) is 20.2. The maximum absolute atomic E-state index is 10.9. The lowest BCUT2D eigenvalue weighted by Crippen LogP contribution is -1.88. The van der Waals surface area contributed by atoms with Gasteiger partial charge < -0.3 is 10.2 Å². The Morgan fingerprint density at radius 1 is 0.367 bits per heavy atom. The highest BCUT2D eigenvalue weighted by molar-refractivity contribution is 6.14. The third kappa shape index (κ3) is 2.44. The first-order valence-corrected chi connectivity index (χ1v) is 9.98. The fourth-order valence-electron chi connectivity index (χ4n) is 4.53. The van der Waals surface area contributed by atoms with E-state index >= 15 is 0 Å². The van der Waals surface area contributed by atoms with Crippen molar-refractivity contribution in [1.82, 2.24) is 0 Å². The van der Waals surface area contributed by atoms with Crippen molar-refractivity contribution in [2.75, 3.05) is 0 Å². The minimum absolute atomic E-state index is 0.161. The lowest BCUT2D eigenvalue weighted by molar-refractivity contribution is 0.470. The Balaban J connectivity index is 1.78. The summed E-state index contributed by atoms with van der Waals surface area (Å²) in [5.41, 5.74) is 1.33. The Kier molecular flexibility index (Phi) is 3.50. The molecule has 0 bridgehead atoms. The zero-order valence-corrected chi connectivity index (χ0v) is 16.1. The van der Waals surface area contributed by atoms with Crippen molar-refractivity contribution >= 4 is 43.1 Å². The Bertz CT molecular complexity index is 1490. The molecule has 0 aliphatic rings. The fourth-order valence-corrected chi connectivity index (χ4v) is 4.53. The van der Waals surface area contributed by atoms with Crippen molar-refractivity contribution in [1.29, 1.82) is 0 Å². The highest BCUT2D eigenvalue weighted by atomic mass is 16.3. The van der Waals surface area contributed by atoms with E-state index in [1.165, 1.54) is 0 Å². The summed E-state index contributed by atoms with van der Waals surface area (Å²) in [6, 6.07) is 32.1. The second-order valence-corrected chi connectivity index (χ2v) is 7.76. The number of phenolic OH excluding ortho intramolecular Hbond substituents is 2. The molecule has 0 saturated carbocycles. The average molecular weight is 386 g/mol. The molecule has 0 radical (unpaired) electrons. The predicted molar refractivity (Wildman–Crippen MR) is 125 cm³/mol. The molecule has 142 valence electrons. The second-order valence-electron chi connectivity index (χ2n) is 7.76. The Morgan fingerprint density at radius 2 is 0.733 bits per heavy atom. The van der Waals surface area contributed by atoms with E-state index in [9.17, 15) is 10.2 Å². The molecule has 0 saturated heterocycles. The Hall–Kier alpha value is -4.04. The zero-order valence-electron chi connectivity index (χ0n) is 16.1. The van der Waals surface area contributed by atoms with E-state index in [0.717, 1.165) is 43.1 Å². The number of fused-ring (bicyclic) bond motifs is 4. The molecule has 0 spiro atoms. The van der Waals surface area contributed by atoms with Crippen LogP contribution in [0.1, 0.15) is 0 Å². The average Bonchev–Trinajstić information content (AvgIpc) is 2.77. The summed E-state index contributed by atoms with van der Waals surface area (Å²) in [4.78, 5) is 0. The SMILES string of the molecule is Oc1ccc2cc3ccccc3cc2c1-c1c(O)ccc2cc3ccccc3cc12. The van der Waals surface area contributed by atoms with Crippen molar-refractivity contribution in [3.05, 3.63) is 97.1 Å². The number of phenols is 2. The second kappa shape index (κ2) is 6.23. The van der Waals surface area contributed by atoms with Crippen LogP contribution in [-0.4, -0.2) is 10.2 Å². The Labute approximate surface area is 173 Å². The largest absolute Gasteiger partial charge is 0.507 e. The highest BCUT2D eigenvalue weighted by Gasteiger charge is 2.17. The predicted octanol–water partition coefficient (Wildman–Crippen LogP) is 7.38. The molecule has 0 heterocycles. The molecule has 0 unspecified atom stereocenters. The third-order valence-corrected chi connectivity index (χ3v) is 5.98. The Morgan fingerprint density at radius 3 is 1.13 bits per heavy atom. The summed E-state index contributed by atoms with van der Waals surface area (Å²) >= 11 is 0. The summed E-state index contributed by atoms with van der Waals surface area (Å²) in [5.74, 6) is 0.322. The van der Waals surface area contributed by atoms with E-state index in [2.05, 4.69) is 48.5 Å². The summed E-state index contributed by atoms with van der Waals surface area (Å²) in [6.07, 6.45) is 0. The molecule has 6 aromatic carbocycles. The summed E-state index contributed by atoms with van der Waals surface area (Å²) < 4.78 is 0. The molecule has 0 atom stereocenters. The van der Waals surface area contributed by atoms with Crippen LogP contribution in [0.25, 0.3) is 54.2 Å². The van der Waals surface area contributed by atoms with Gasteiger partial charge in [0, 0.05) is 11.1 Å². The first-order chi connectivity index (χ1) is 14.7. The van der Waals surface area contributed by atoms with E-state index < -0.39 is 0 Å². The van der Waals surface area contributed by atoms with Gasteiger partial charge in [0.25, 0.3) is 0 Å². The van der Waals surface area contributed by atoms with Crippen LogP contribution in [0.15, 0.2) is 97.1 Å². The monoisotopic (exact) mass is 386 g/mol. The normalized spacial score (nSPS) is 11.6. The molecule has 2 heteroatoms. The van der Waals surface area contributed by atoms with Crippen molar-refractivity contribution in [2.45, 2.75) is 0 Å². The standard InChI is InChI=1S/C28H18O2/c29-25-11-9-21-13-17-5-1-3-7-19(17)15-23(21)27(25)28-24-16-20-8-4-2-6-18(20)14-22(24)10-12-26(28)30/h1-16,29-30H. The van der Waals surface area contributed by atoms with Crippen LogP contribution < -0.4 is 0 Å². The summed E-state index contributed by atoms with van der Waals surface area (Å²) in [7, 11) is 0. The van der Waals surface area contributed by atoms with Gasteiger partial charge in [-0.1, -0.05) is 60.7 Å². The van der Waals surface area contributed by atoms with Gasteiger partial charge in [-0.25, -0.2) is 0 Å². The van der Waals surface area contributed by atoms with Crippen molar-refractivity contribution in [2.24, 2.45) is 0 Å². The van der Waals surface area contributed by atoms with Crippen LogP contribution in [0.2, 0.25) is 0 Å². The van der Waals surface area contributed by atoms with Crippen LogP contribution in [-0.2, 0) is 0 Å². The molecule has 0 aliphatic heterocycles. The van der Waals surface area contributed by atoms with Crippen molar-refractivity contribution < 1.29 is 10.2 Å². The molecular weight excluding hydrogens is 368 g/mol. The number of hydrogen-bond acceptors (Lipinski definition) is 2. The van der Waals surface area contributed by atoms with E-state index in [4.69, 9.17) is 0 Å². The van der Waals surface area contributed by atoms with Gasteiger partial charge in [0.05, 0.1) is 0 Å². The van der Waals surface area contributed by atoms with Crippen molar-refractivity contribution in [3.63, 3.8) is 0 Å². The first kappa shape index (κ1) is 16.9. The highest BCUT2D eigenvalue weighted by Crippen LogP contribution is 2.45. The van der Waals surface area contributed by atoms with Crippen LogP contribution in [0.3, 0.4) is 0 Å². The van der Waals surface area contributed by atoms with Gasteiger partial charge in [-0.2, -0.15) is 0 Å². The molecule has 30 heavy (non-hydrogen) atoms. The number of benzene rings is 6. The molecule has 0 aromatic heterocycles. The van der Waals surface area contributed by atoms with Gasteiger partial charge >= 0.3 is 0 Å². The van der Waals surface area contributed by atoms with E-state index in [1.54, 1.807) is 12.1 Å². The van der Waals surface area contributed by atoms with E-state index in [0.29, 0.717) is 11.1 Å². The first-order valence-electron chi connectivity index (χ1n) is 9.98. The van der Waals surface area contributed by atoms with Gasteiger partial charge in [0.15, 0.2) is 0 Å². The topological polar surface area (TPSA) is 40.5 Å². The molecule has 2 N–H and O–H groups in total. The molecule has 6 aromatic rings. The van der Waals surface area contributed by atoms with Gasteiger partial charge in [-0.15, -0.1) is 0 Å². The lowest BCUT2D eigenvalue weighted by atomic mass is 9.90. The quantitative estimate of drug-likeness (QED) is 0.289. The van der Waals surface area contributed by atoms with Gasteiger partial charge in [0.1, 0.15) is 11.5 Å². The molecule has 0 fully saturated rings. The third-order valence-electron chi connectivity index (χ3n) is 5.98. The molecule has 0 aliphatic carbocycles. The minimum Gasteiger partial charge on any atom is -0.507 e. The van der Waals surface area contributed by atoms with Gasteiger partial charge in [-0.05, 0) is 79.5 Å². The van der Waals surface area contributed by atoms with E-state index in [-0.39, 0.29) is 11.5 Å². The number of aromatic hydroxyl groups is 2. The molecule has 0 amide bonds. The van der Waals surface area contributed by atoms with Crippen LogP contribution in [0.4, 0.5) is 0 Å². The maximum atomic E-state index is 10.9. The molecular formula is C28H18O2. The number of hydrogen-bond donors (Lipinski definition) is 2. The smallest absolute Gasteiger partial charge is 0.124 e. The van der Waals surface area contributed by atoms with Crippen molar-refractivity contribution in [3.8, 4) is 22.6 Å². The van der Waals surface area contributed by atoms with Gasteiger partial charge in [-0.3, -0.25) is 0 Å². The lowest BCUT2D eigenvalue weighted by Gasteiger charge is -2.15.